The predicted molar refractivity (Wildman–Crippen MR) is 61.2 cm³/mol. The third-order valence-corrected chi connectivity index (χ3v) is 2.79. The van der Waals surface area contributed by atoms with Crippen LogP contribution >= 0.6 is 0 Å². The predicted octanol–water partition coefficient (Wildman–Crippen LogP) is 1.84. The van der Waals surface area contributed by atoms with E-state index < -0.39 is 11.9 Å². The summed E-state index contributed by atoms with van der Waals surface area (Å²) in [5.74, 6) is -0.376. The Morgan fingerprint density at radius 2 is 2.19 bits per heavy atom. The fraction of sp³-hybridized carbons (Fsp3) is 0.333. The molecule has 0 saturated heterocycles. The van der Waals surface area contributed by atoms with Crippen LogP contribution in [0.4, 0.5) is 0 Å². The normalized spacial score (nSPS) is 12.9. The van der Waals surface area contributed by atoms with Gasteiger partial charge in [-0.1, -0.05) is 19.1 Å². The Bertz CT molecular complexity index is 531. The van der Waals surface area contributed by atoms with Gasteiger partial charge in [0.25, 0.3) is 0 Å². The Morgan fingerprint density at radius 1 is 1.50 bits per heavy atom. The lowest BCUT2D eigenvalue weighted by atomic mass is 10.1. The van der Waals surface area contributed by atoms with E-state index in [1.807, 2.05) is 35.9 Å². The van der Waals surface area contributed by atoms with Gasteiger partial charge in [-0.05, 0) is 12.1 Å². The molecule has 0 bridgehead atoms. The molecule has 0 radical (unpaired) electrons. The van der Waals surface area contributed by atoms with Gasteiger partial charge in [-0.2, -0.15) is 0 Å². The highest BCUT2D eigenvalue weighted by molar-refractivity contribution is 5.76. The molecular weight excluding hydrogens is 204 g/mol. The number of fused-ring (bicyclic) bond motifs is 1. The van der Waals surface area contributed by atoms with Crippen LogP contribution in [-0.2, 0) is 18.3 Å². The summed E-state index contributed by atoms with van der Waals surface area (Å²) < 4.78 is 1.95. The van der Waals surface area contributed by atoms with Crippen molar-refractivity contribution in [1.29, 1.82) is 0 Å². The lowest BCUT2D eigenvalue weighted by molar-refractivity contribution is -0.141. The molecule has 4 nitrogen and oxygen atoms in total. The first-order valence-electron chi connectivity index (χ1n) is 5.22. The molecule has 1 atom stereocenters. The minimum Gasteiger partial charge on any atom is -0.481 e. The number of imidazole rings is 1. The number of carbonyl (C=O) groups is 1. The van der Waals surface area contributed by atoms with Crippen LogP contribution in [0.5, 0.6) is 0 Å². The molecule has 1 aromatic carbocycles. The van der Waals surface area contributed by atoms with Crippen molar-refractivity contribution in [3.05, 3.63) is 30.1 Å². The molecule has 1 unspecified atom stereocenters. The molecule has 1 N–H and O–H groups in total. The molecule has 0 saturated carbocycles. The van der Waals surface area contributed by atoms with Crippen LogP contribution in [0.3, 0.4) is 0 Å². The first-order chi connectivity index (χ1) is 7.59. The third-order valence-electron chi connectivity index (χ3n) is 2.79. The fourth-order valence-electron chi connectivity index (χ4n) is 1.74. The fourth-order valence-corrected chi connectivity index (χ4v) is 1.74. The highest BCUT2D eigenvalue weighted by Gasteiger charge is 2.15. The minimum atomic E-state index is -0.785. The minimum absolute atomic E-state index is 0.407. The van der Waals surface area contributed by atoms with Gasteiger partial charge in [-0.3, -0.25) is 4.79 Å². The van der Waals surface area contributed by atoms with Crippen molar-refractivity contribution in [2.75, 3.05) is 0 Å². The second kappa shape index (κ2) is 3.96. The number of hydrogen-bond donors (Lipinski definition) is 1. The molecule has 16 heavy (non-hydrogen) atoms. The summed E-state index contributed by atoms with van der Waals surface area (Å²) in [6, 6.07) is 7.80. The molecule has 0 fully saturated rings. The molecule has 84 valence electrons. The van der Waals surface area contributed by atoms with Crippen molar-refractivity contribution in [1.82, 2.24) is 9.55 Å². The van der Waals surface area contributed by atoms with Crippen LogP contribution in [0.2, 0.25) is 0 Å². The monoisotopic (exact) mass is 218 g/mol. The summed E-state index contributed by atoms with van der Waals surface area (Å²) in [5, 5.41) is 8.87. The third kappa shape index (κ3) is 1.78. The van der Waals surface area contributed by atoms with Gasteiger partial charge < -0.3 is 9.67 Å². The highest BCUT2D eigenvalue weighted by atomic mass is 16.4. The molecule has 2 aromatic rings. The lowest BCUT2D eigenvalue weighted by Gasteiger charge is -2.05. The molecule has 0 aliphatic carbocycles. The number of hydrogen-bond acceptors (Lipinski definition) is 2. The Labute approximate surface area is 93.5 Å². The summed E-state index contributed by atoms with van der Waals surface area (Å²) in [4.78, 5) is 15.2. The zero-order chi connectivity index (χ0) is 11.7. The van der Waals surface area contributed by atoms with E-state index in [0.717, 1.165) is 16.9 Å². The van der Waals surface area contributed by atoms with Crippen molar-refractivity contribution in [3.8, 4) is 0 Å². The van der Waals surface area contributed by atoms with E-state index in [1.54, 1.807) is 6.92 Å². The standard InChI is InChI=1S/C12H14N2O2/c1-8(12(15)16)7-11-13-9-5-3-4-6-10(9)14(11)2/h3-6,8H,7H2,1-2H3,(H,15,16). The van der Waals surface area contributed by atoms with Crippen molar-refractivity contribution in [2.45, 2.75) is 13.3 Å². The van der Waals surface area contributed by atoms with Gasteiger partial charge in [-0.15, -0.1) is 0 Å². The number of aromatic nitrogens is 2. The van der Waals surface area contributed by atoms with Gasteiger partial charge >= 0.3 is 5.97 Å². The maximum atomic E-state index is 10.8. The number of nitrogens with zero attached hydrogens (tertiary/aromatic N) is 2. The molecule has 0 aliphatic heterocycles. The van der Waals surface area contributed by atoms with Gasteiger partial charge in [0, 0.05) is 13.5 Å². The number of para-hydroxylation sites is 2. The van der Waals surface area contributed by atoms with E-state index in [2.05, 4.69) is 4.98 Å². The average Bonchev–Trinajstić information content (AvgIpc) is 2.56. The van der Waals surface area contributed by atoms with Crippen LogP contribution in [0.25, 0.3) is 11.0 Å². The summed E-state index contributed by atoms with van der Waals surface area (Å²) >= 11 is 0. The topological polar surface area (TPSA) is 55.1 Å². The summed E-state index contributed by atoms with van der Waals surface area (Å²) in [7, 11) is 1.92. The largest absolute Gasteiger partial charge is 0.481 e. The van der Waals surface area contributed by atoms with E-state index in [-0.39, 0.29) is 0 Å². The van der Waals surface area contributed by atoms with Crippen molar-refractivity contribution >= 4 is 17.0 Å². The first kappa shape index (κ1) is 10.7. The SMILES string of the molecule is CC(Cc1nc2ccccc2n1C)C(=O)O. The van der Waals surface area contributed by atoms with Gasteiger partial charge in [0.05, 0.1) is 17.0 Å². The van der Waals surface area contributed by atoms with Gasteiger partial charge in [0.2, 0.25) is 0 Å². The van der Waals surface area contributed by atoms with E-state index in [4.69, 9.17) is 5.11 Å². The smallest absolute Gasteiger partial charge is 0.306 e. The van der Waals surface area contributed by atoms with E-state index in [1.165, 1.54) is 0 Å². The maximum absolute atomic E-state index is 10.8. The van der Waals surface area contributed by atoms with Crippen LogP contribution < -0.4 is 0 Å². The molecule has 0 aliphatic rings. The van der Waals surface area contributed by atoms with Crippen molar-refractivity contribution in [3.63, 3.8) is 0 Å². The Kier molecular flexibility index (Phi) is 2.64. The number of aryl methyl sites for hydroxylation is 1. The maximum Gasteiger partial charge on any atom is 0.306 e. The Balaban J connectivity index is 2.38. The van der Waals surface area contributed by atoms with Gasteiger partial charge in [0.1, 0.15) is 5.82 Å². The van der Waals surface area contributed by atoms with Crippen molar-refractivity contribution < 1.29 is 9.90 Å². The molecule has 4 heteroatoms. The summed E-state index contributed by atoms with van der Waals surface area (Å²) in [6.45, 7) is 1.70. The van der Waals surface area contributed by atoms with Crippen LogP contribution in [-0.4, -0.2) is 20.6 Å². The molecule has 0 spiro atoms. The van der Waals surface area contributed by atoms with E-state index in [9.17, 15) is 4.79 Å². The second-order valence-electron chi connectivity index (χ2n) is 4.02. The summed E-state index contributed by atoms with van der Waals surface area (Å²) in [6.07, 6.45) is 0.459. The average molecular weight is 218 g/mol. The Hall–Kier alpha value is -1.84. The van der Waals surface area contributed by atoms with Crippen LogP contribution in [0.1, 0.15) is 12.7 Å². The first-order valence-corrected chi connectivity index (χ1v) is 5.22. The number of carboxylic acids is 1. The zero-order valence-electron chi connectivity index (χ0n) is 9.34. The summed E-state index contributed by atoms with van der Waals surface area (Å²) in [5.41, 5.74) is 1.95. The van der Waals surface area contributed by atoms with Crippen molar-refractivity contribution in [2.24, 2.45) is 13.0 Å². The van der Waals surface area contributed by atoms with Gasteiger partial charge in [-0.25, -0.2) is 4.98 Å². The Morgan fingerprint density at radius 3 is 2.81 bits per heavy atom. The number of benzene rings is 1. The van der Waals surface area contributed by atoms with Crippen LogP contribution in [0, 0.1) is 5.92 Å². The lowest BCUT2D eigenvalue weighted by Crippen LogP contribution is -2.14. The molecule has 1 heterocycles. The number of carboxylic acid groups (broad SMARTS) is 1. The second-order valence-corrected chi connectivity index (χ2v) is 4.02. The highest BCUT2D eigenvalue weighted by Crippen LogP contribution is 2.16. The number of aliphatic carboxylic acids is 1. The van der Waals surface area contributed by atoms with E-state index in [0.29, 0.717) is 6.42 Å². The molecule has 2 rings (SSSR count). The molecular formula is C12H14N2O2. The molecule has 0 amide bonds. The number of rotatable bonds is 3. The molecule has 1 aromatic heterocycles. The van der Waals surface area contributed by atoms with E-state index >= 15 is 0 Å². The van der Waals surface area contributed by atoms with Crippen LogP contribution in [0.15, 0.2) is 24.3 Å². The van der Waals surface area contributed by atoms with Gasteiger partial charge in [0.15, 0.2) is 0 Å². The quantitative estimate of drug-likeness (QED) is 0.855. The zero-order valence-corrected chi connectivity index (χ0v) is 9.34.